The Kier molecular flexibility index (Phi) is 3.53. The minimum absolute atomic E-state index is 0.0482. The summed E-state index contributed by atoms with van der Waals surface area (Å²) in [6, 6.07) is 2.63. The molecule has 0 aromatic carbocycles. The molecule has 0 bridgehead atoms. The summed E-state index contributed by atoms with van der Waals surface area (Å²) in [7, 11) is 0. The summed E-state index contributed by atoms with van der Waals surface area (Å²) in [4.78, 5) is 19.3. The summed E-state index contributed by atoms with van der Waals surface area (Å²) in [5, 5.41) is 9.77. The van der Waals surface area contributed by atoms with Gasteiger partial charge in [-0.1, -0.05) is 22.6 Å². The van der Waals surface area contributed by atoms with Gasteiger partial charge in [-0.25, -0.2) is 3.96 Å². The molecule has 0 N–H and O–H groups in total. The number of hydrogen-bond acceptors (Lipinski definition) is 5. The van der Waals surface area contributed by atoms with Crippen molar-refractivity contribution in [3.05, 3.63) is 20.9 Å². The molecular weight excluding hydrogens is 192 g/mol. The van der Waals surface area contributed by atoms with Gasteiger partial charge >= 0.3 is 0 Å². The molecule has 1 heterocycles. The van der Waals surface area contributed by atoms with E-state index in [0.29, 0.717) is 5.69 Å². The number of rotatable bonds is 3. The third-order valence-electron chi connectivity index (χ3n) is 1.07. The molecule has 0 unspecified atom stereocenters. The lowest BCUT2D eigenvalue weighted by molar-refractivity contribution is 1.17. The number of nitroso groups, excluding NO2 is 2. The Morgan fingerprint density at radius 1 is 1.62 bits per heavy atom. The zero-order valence-corrected chi connectivity index (χ0v) is 7.19. The van der Waals surface area contributed by atoms with E-state index >= 15 is 0 Å². The van der Waals surface area contributed by atoms with Gasteiger partial charge in [0, 0.05) is 11.4 Å². The van der Waals surface area contributed by atoms with Gasteiger partial charge in [-0.15, -0.1) is 14.9 Å². The van der Waals surface area contributed by atoms with Crippen LogP contribution in [0.15, 0.2) is 20.9 Å². The fraction of sp³-hybridized carbons (Fsp3) is 0.167. The lowest BCUT2D eigenvalue weighted by Gasteiger charge is -2.02. The third-order valence-corrected chi connectivity index (χ3v) is 1.93. The Labute approximate surface area is 77.3 Å². The molecule has 0 spiro atoms. The van der Waals surface area contributed by atoms with Crippen molar-refractivity contribution in [2.24, 2.45) is 15.6 Å². The van der Waals surface area contributed by atoms with Crippen molar-refractivity contribution in [2.75, 3.05) is 6.54 Å². The third kappa shape index (κ3) is 2.61. The van der Waals surface area contributed by atoms with Crippen LogP contribution in [0.5, 0.6) is 0 Å². The largest absolute Gasteiger partial charge is 0.221 e. The van der Waals surface area contributed by atoms with Crippen molar-refractivity contribution in [3.63, 3.8) is 0 Å². The topological polar surface area (TPSA) is 76.2 Å². The van der Waals surface area contributed by atoms with Crippen LogP contribution in [-0.2, 0) is 0 Å². The predicted molar refractivity (Wildman–Crippen MR) is 49.5 cm³/mol. The average Bonchev–Trinajstić information content (AvgIpc) is 2.11. The minimum atomic E-state index is -0.0482. The van der Waals surface area contributed by atoms with E-state index in [0.717, 1.165) is 0 Å². The van der Waals surface area contributed by atoms with Crippen molar-refractivity contribution in [2.45, 2.75) is 0 Å². The van der Waals surface area contributed by atoms with E-state index < -0.39 is 0 Å². The second kappa shape index (κ2) is 4.95. The smallest absolute Gasteiger partial charge is 0.144 e. The zero-order valence-electron chi connectivity index (χ0n) is 6.38. The van der Waals surface area contributed by atoms with Gasteiger partial charge < -0.3 is 0 Å². The Morgan fingerprint density at radius 2 is 2.46 bits per heavy atom. The molecule has 1 aromatic rings. The Hall–Kier alpha value is -1.81. The summed E-state index contributed by atoms with van der Waals surface area (Å²) >= 11 is 1.33. The molecule has 0 aliphatic rings. The second-order valence-corrected chi connectivity index (χ2v) is 2.66. The van der Waals surface area contributed by atoms with Gasteiger partial charge in [0.1, 0.15) is 6.54 Å². The highest BCUT2D eigenvalue weighted by Crippen LogP contribution is 2.07. The minimum Gasteiger partial charge on any atom is -0.221 e. The summed E-state index contributed by atoms with van der Waals surface area (Å²) < 4.78 is 1.56. The molecule has 0 amide bonds. The standard InChI is InChI=1S/C6H4N4O2S/c11-8-2-1-3-10-6(5-13-10)4-7-9-12/h4-5H,2H2. The van der Waals surface area contributed by atoms with Gasteiger partial charge in [0.15, 0.2) is 0 Å². The van der Waals surface area contributed by atoms with E-state index in [4.69, 9.17) is 0 Å². The monoisotopic (exact) mass is 196 g/mol. The van der Waals surface area contributed by atoms with Crippen molar-refractivity contribution in [1.82, 2.24) is 3.96 Å². The molecule has 0 saturated heterocycles. The average molecular weight is 196 g/mol. The zero-order chi connectivity index (χ0) is 9.52. The molecule has 1 aromatic heterocycles. The summed E-state index contributed by atoms with van der Waals surface area (Å²) in [5.74, 6) is 2.51. The van der Waals surface area contributed by atoms with Crippen LogP contribution in [0.1, 0.15) is 5.69 Å². The van der Waals surface area contributed by atoms with Crippen LogP contribution in [0.2, 0.25) is 0 Å². The molecule has 0 atom stereocenters. The molecule has 0 fully saturated rings. The molecule has 0 saturated carbocycles. The van der Waals surface area contributed by atoms with Crippen molar-refractivity contribution < 1.29 is 0 Å². The number of hydrogen-bond donors (Lipinski definition) is 0. The molecule has 13 heavy (non-hydrogen) atoms. The Bertz CT molecular complexity index is 381. The van der Waals surface area contributed by atoms with Gasteiger partial charge in [-0.05, 0) is 0 Å². The highest BCUT2D eigenvalue weighted by molar-refractivity contribution is 7.06. The Balaban J connectivity index is 2.62. The van der Waals surface area contributed by atoms with E-state index in [1.54, 1.807) is 9.34 Å². The van der Waals surface area contributed by atoms with E-state index in [9.17, 15) is 9.81 Å². The lowest BCUT2D eigenvalue weighted by Crippen LogP contribution is -1.99. The molecule has 6 nitrogen and oxygen atoms in total. The predicted octanol–water partition coefficient (Wildman–Crippen LogP) is 1.23. The van der Waals surface area contributed by atoms with Crippen LogP contribution >= 0.6 is 11.5 Å². The summed E-state index contributed by atoms with van der Waals surface area (Å²) in [5.41, 5.74) is 0.669. The van der Waals surface area contributed by atoms with E-state index in [-0.39, 0.29) is 6.54 Å². The summed E-state index contributed by atoms with van der Waals surface area (Å²) in [6.07, 6.45) is 1.28. The van der Waals surface area contributed by atoms with Gasteiger partial charge in [-0.2, -0.15) is 0 Å². The first-order chi connectivity index (χ1) is 6.38. The molecule has 1 rings (SSSR count). The normalized spacial score (nSPS) is 9.54. The highest BCUT2D eigenvalue weighted by atomic mass is 32.1. The number of aromatic nitrogens is 1. The molecule has 0 aliphatic heterocycles. The maximum absolute atomic E-state index is 9.67. The van der Waals surface area contributed by atoms with Crippen LogP contribution in [0.25, 0.3) is 0 Å². The highest BCUT2D eigenvalue weighted by Gasteiger charge is 1.97. The van der Waals surface area contributed by atoms with Gasteiger partial charge in [-0.3, -0.25) is 0 Å². The van der Waals surface area contributed by atoms with E-state index in [2.05, 4.69) is 27.5 Å². The second-order valence-electron chi connectivity index (χ2n) is 1.84. The first kappa shape index (κ1) is 9.28. The lowest BCUT2D eigenvalue weighted by atomic mass is 10.5. The molecular formula is C6H4N4O2S. The first-order valence-corrected chi connectivity index (χ1v) is 4.02. The molecule has 7 heteroatoms. The van der Waals surface area contributed by atoms with Crippen molar-refractivity contribution in [1.29, 1.82) is 0 Å². The van der Waals surface area contributed by atoms with E-state index in [1.165, 1.54) is 17.7 Å². The quantitative estimate of drug-likeness (QED) is 0.315. The fourth-order valence-corrected chi connectivity index (χ4v) is 1.12. The molecule has 0 radical (unpaired) electrons. The maximum atomic E-state index is 9.67. The molecule has 66 valence electrons. The van der Waals surface area contributed by atoms with Gasteiger partial charge in [0.05, 0.1) is 17.2 Å². The van der Waals surface area contributed by atoms with Crippen molar-refractivity contribution >= 4 is 17.7 Å². The summed E-state index contributed by atoms with van der Waals surface area (Å²) in [6.45, 7) is -0.0482. The molecule has 0 aliphatic carbocycles. The van der Waals surface area contributed by atoms with Gasteiger partial charge in [0.25, 0.3) is 0 Å². The van der Waals surface area contributed by atoms with Gasteiger partial charge in [0.2, 0.25) is 0 Å². The van der Waals surface area contributed by atoms with Crippen molar-refractivity contribution in [3.8, 4) is 12.0 Å². The fourth-order valence-electron chi connectivity index (χ4n) is 0.562. The van der Waals surface area contributed by atoms with Crippen LogP contribution < -0.4 is 0 Å². The number of nitrogens with zero attached hydrogens (tertiary/aromatic N) is 4. The maximum Gasteiger partial charge on any atom is 0.144 e. The Morgan fingerprint density at radius 3 is 3.00 bits per heavy atom. The van der Waals surface area contributed by atoms with E-state index in [1.807, 2.05) is 0 Å². The van der Waals surface area contributed by atoms with Crippen LogP contribution in [0, 0.1) is 21.8 Å². The van der Waals surface area contributed by atoms with Crippen LogP contribution in [-0.4, -0.2) is 16.7 Å². The SMILES string of the molecule is O=NCC#Cn1scc1C=NN=O. The first-order valence-electron chi connectivity index (χ1n) is 3.19. The van der Waals surface area contributed by atoms with Crippen LogP contribution in [0.3, 0.4) is 0 Å². The van der Waals surface area contributed by atoms with Crippen LogP contribution in [0.4, 0.5) is 0 Å².